The number of nitrogens with zero attached hydrogens (tertiary/aromatic N) is 3. The SMILES string of the molecule is Cc1oc(-c2cnn(C)c2)nc1C(=O)NC1CCCc2sccc21. The van der Waals surface area contributed by atoms with Crippen LogP contribution in [-0.2, 0) is 13.5 Å². The van der Waals surface area contributed by atoms with E-state index in [2.05, 4.69) is 26.8 Å². The summed E-state index contributed by atoms with van der Waals surface area (Å²) in [5.74, 6) is 0.758. The van der Waals surface area contributed by atoms with Crippen molar-refractivity contribution in [2.24, 2.45) is 7.05 Å². The molecule has 0 radical (unpaired) electrons. The number of aryl methyl sites for hydroxylation is 3. The lowest BCUT2D eigenvalue weighted by atomic mass is 9.94. The van der Waals surface area contributed by atoms with Crippen molar-refractivity contribution in [2.45, 2.75) is 32.2 Å². The molecule has 1 amide bonds. The van der Waals surface area contributed by atoms with Gasteiger partial charge in [-0.15, -0.1) is 11.3 Å². The molecule has 124 valence electrons. The van der Waals surface area contributed by atoms with Gasteiger partial charge in [-0.2, -0.15) is 5.10 Å². The summed E-state index contributed by atoms with van der Waals surface area (Å²) in [6, 6.07) is 2.17. The van der Waals surface area contributed by atoms with Gasteiger partial charge in [0.1, 0.15) is 5.76 Å². The van der Waals surface area contributed by atoms with Gasteiger partial charge in [-0.3, -0.25) is 9.48 Å². The second-order valence-electron chi connectivity index (χ2n) is 6.04. The second kappa shape index (κ2) is 5.90. The van der Waals surface area contributed by atoms with E-state index in [9.17, 15) is 4.79 Å². The molecule has 24 heavy (non-hydrogen) atoms. The molecule has 0 fully saturated rings. The van der Waals surface area contributed by atoms with Crippen LogP contribution in [0.5, 0.6) is 0 Å². The first kappa shape index (κ1) is 15.1. The van der Waals surface area contributed by atoms with Gasteiger partial charge < -0.3 is 9.73 Å². The van der Waals surface area contributed by atoms with Gasteiger partial charge in [-0.05, 0) is 43.2 Å². The van der Waals surface area contributed by atoms with Crippen LogP contribution in [0.3, 0.4) is 0 Å². The Balaban J connectivity index is 1.57. The standard InChI is InChI=1S/C17H18N4O2S/c1-10-15(20-17(23-10)11-8-18-21(2)9-11)16(22)19-13-4-3-5-14-12(13)6-7-24-14/h6-9,13H,3-5H2,1-2H3,(H,19,22). The summed E-state index contributed by atoms with van der Waals surface area (Å²) in [6.07, 6.45) is 6.64. The zero-order valence-electron chi connectivity index (χ0n) is 13.6. The number of amides is 1. The van der Waals surface area contributed by atoms with E-state index in [0.717, 1.165) is 24.8 Å². The fourth-order valence-corrected chi connectivity index (χ4v) is 4.11. The highest BCUT2D eigenvalue weighted by atomic mass is 32.1. The molecular formula is C17H18N4O2S. The van der Waals surface area contributed by atoms with Crippen molar-refractivity contribution < 1.29 is 9.21 Å². The minimum absolute atomic E-state index is 0.0606. The van der Waals surface area contributed by atoms with Crippen molar-refractivity contribution in [3.05, 3.63) is 45.7 Å². The molecular weight excluding hydrogens is 324 g/mol. The number of rotatable bonds is 3. The monoisotopic (exact) mass is 342 g/mol. The van der Waals surface area contributed by atoms with Gasteiger partial charge in [0.2, 0.25) is 5.89 Å². The molecule has 3 aromatic rings. The van der Waals surface area contributed by atoms with Crippen molar-refractivity contribution in [1.29, 1.82) is 0 Å². The Labute approximate surface area is 143 Å². The minimum Gasteiger partial charge on any atom is -0.440 e. The number of aromatic nitrogens is 3. The Morgan fingerprint density at radius 3 is 3.17 bits per heavy atom. The summed E-state index contributed by atoms with van der Waals surface area (Å²) in [4.78, 5) is 18.4. The molecule has 1 atom stereocenters. The van der Waals surface area contributed by atoms with Gasteiger partial charge in [-0.1, -0.05) is 0 Å². The van der Waals surface area contributed by atoms with Crippen LogP contribution in [0, 0.1) is 6.92 Å². The van der Waals surface area contributed by atoms with Gasteiger partial charge in [-0.25, -0.2) is 4.98 Å². The van der Waals surface area contributed by atoms with Crippen LogP contribution in [0.15, 0.2) is 28.3 Å². The van der Waals surface area contributed by atoms with Gasteiger partial charge in [0, 0.05) is 18.1 Å². The van der Waals surface area contributed by atoms with E-state index in [1.165, 1.54) is 10.4 Å². The van der Waals surface area contributed by atoms with Gasteiger partial charge >= 0.3 is 0 Å². The van der Waals surface area contributed by atoms with Gasteiger partial charge in [0.05, 0.1) is 17.8 Å². The lowest BCUT2D eigenvalue weighted by molar-refractivity contribution is 0.0927. The molecule has 1 aliphatic rings. The topological polar surface area (TPSA) is 73.0 Å². The van der Waals surface area contributed by atoms with Crippen molar-refractivity contribution in [1.82, 2.24) is 20.1 Å². The molecule has 1 N–H and O–H groups in total. The molecule has 3 aromatic heterocycles. The third kappa shape index (κ3) is 2.65. The molecule has 3 heterocycles. The normalized spacial score (nSPS) is 16.8. The summed E-state index contributed by atoms with van der Waals surface area (Å²) in [5, 5.41) is 9.31. The highest BCUT2D eigenvalue weighted by molar-refractivity contribution is 7.10. The van der Waals surface area contributed by atoms with Crippen LogP contribution in [0.1, 0.15) is 45.6 Å². The number of fused-ring (bicyclic) bond motifs is 1. The molecule has 0 saturated carbocycles. The first-order chi connectivity index (χ1) is 11.6. The fraction of sp³-hybridized carbons (Fsp3) is 0.353. The third-order valence-corrected chi connectivity index (χ3v) is 5.32. The predicted molar refractivity (Wildman–Crippen MR) is 90.9 cm³/mol. The zero-order chi connectivity index (χ0) is 16.7. The number of thiophene rings is 1. The molecule has 0 aliphatic heterocycles. The maximum atomic E-state index is 12.7. The van der Waals surface area contributed by atoms with Crippen molar-refractivity contribution in [3.8, 4) is 11.5 Å². The van der Waals surface area contributed by atoms with Crippen molar-refractivity contribution in [2.75, 3.05) is 0 Å². The Kier molecular flexibility index (Phi) is 3.72. The minimum atomic E-state index is -0.185. The summed E-state index contributed by atoms with van der Waals surface area (Å²) < 4.78 is 7.33. The fourth-order valence-electron chi connectivity index (χ4n) is 3.13. The number of nitrogens with one attached hydrogen (secondary N) is 1. The quantitative estimate of drug-likeness (QED) is 0.793. The molecule has 0 saturated heterocycles. The summed E-state index contributed by atoms with van der Waals surface area (Å²) >= 11 is 1.76. The van der Waals surface area contributed by atoms with Crippen LogP contribution in [0.25, 0.3) is 11.5 Å². The summed E-state index contributed by atoms with van der Waals surface area (Å²) in [5.41, 5.74) is 2.35. The number of carbonyl (C=O) groups is 1. The van der Waals surface area contributed by atoms with E-state index in [1.54, 1.807) is 29.1 Å². The second-order valence-corrected chi connectivity index (χ2v) is 7.04. The zero-order valence-corrected chi connectivity index (χ0v) is 14.4. The molecule has 0 bridgehead atoms. The number of hydrogen-bond donors (Lipinski definition) is 1. The average molecular weight is 342 g/mol. The van der Waals surface area contributed by atoms with Crippen LogP contribution in [0.4, 0.5) is 0 Å². The summed E-state index contributed by atoms with van der Waals surface area (Å²) in [6.45, 7) is 1.76. The number of hydrogen-bond acceptors (Lipinski definition) is 5. The highest BCUT2D eigenvalue weighted by Gasteiger charge is 2.26. The van der Waals surface area contributed by atoms with E-state index in [-0.39, 0.29) is 11.9 Å². The van der Waals surface area contributed by atoms with Crippen molar-refractivity contribution in [3.63, 3.8) is 0 Å². The largest absolute Gasteiger partial charge is 0.440 e. The van der Waals surface area contributed by atoms with E-state index in [0.29, 0.717) is 17.3 Å². The maximum absolute atomic E-state index is 12.7. The Morgan fingerprint density at radius 1 is 1.50 bits per heavy atom. The lowest BCUT2D eigenvalue weighted by Gasteiger charge is -2.23. The Bertz CT molecular complexity index is 892. The van der Waals surface area contributed by atoms with E-state index in [1.807, 2.05) is 13.2 Å². The van der Waals surface area contributed by atoms with Crippen LogP contribution < -0.4 is 5.32 Å². The molecule has 7 heteroatoms. The third-order valence-electron chi connectivity index (χ3n) is 4.32. The van der Waals surface area contributed by atoms with Crippen molar-refractivity contribution >= 4 is 17.2 Å². The molecule has 0 spiro atoms. The lowest BCUT2D eigenvalue weighted by Crippen LogP contribution is -2.31. The van der Waals surface area contributed by atoms with Crippen LogP contribution in [-0.4, -0.2) is 20.7 Å². The maximum Gasteiger partial charge on any atom is 0.274 e. The molecule has 4 rings (SSSR count). The molecule has 1 aliphatic carbocycles. The van der Waals surface area contributed by atoms with Gasteiger partial charge in [0.15, 0.2) is 5.69 Å². The van der Waals surface area contributed by atoms with E-state index in [4.69, 9.17) is 4.42 Å². The van der Waals surface area contributed by atoms with Crippen LogP contribution >= 0.6 is 11.3 Å². The number of oxazole rings is 1. The predicted octanol–water partition coefficient (Wildman–Crippen LogP) is 3.25. The highest BCUT2D eigenvalue weighted by Crippen LogP contribution is 2.33. The van der Waals surface area contributed by atoms with E-state index >= 15 is 0 Å². The molecule has 1 unspecified atom stereocenters. The molecule has 6 nitrogen and oxygen atoms in total. The van der Waals surface area contributed by atoms with Gasteiger partial charge in [0.25, 0.3) is 5.91 Å². The Hall–Kier alpha value is -2.41. The number of carbonyl (C=O) groups excluding carboxylic acids is 1. The summed E-state index contributed by atoms with van der Waals surface area (Å²) in [7, 11) is 1.83. The average Bonchev–Trinajstić information content (AvgIpc) is 3.26. The first-order valence-corrected chi connectivity index (χ1v) is 8.83. The Morgan fingerprint density at radius 2 is 2.38 bits per heavy atom. The smallest absolute Gasteiger partial charge is 0.274 e. The molecule has 0 aromatic carbocycles. The first-order valence-electron chi connectivity index (χ1n) is 7.95. The van der Waals surface area contributed by atoms with E-state index < -0.39 is 0 Å². The van der Waals surface area contributed by atoms with Crippen LogP contribution in [0.2, 0.25) is 0 Å².